The van der Waals surface area contributed by atoms with Gasteiger partial charge in [0, 0.05) is 19.1 Å². The van der Waals surface area contributed by atoms with Crippen molar-refractivity contribution in [2.45, 2.75) is 58.9 Å². The van der Waals surface area contributed by atoms with Crippen LogP contribution in [0.25, 0.3) is 0 Å². The van der Waals surface area contributed by atoms with Crippen molar-refractivity contribution >= 4 is 5.96 Å². The number of hydrogen-bond acceptors (Lipinski definition) is 2. The monoisotopic (exact) mass is 240 g/mol. The molecule has 1 aliphatic rings. The number of nitrogens with two attached hydrogens (primary N) is 1. The maximum Gasteiger partial charge on any atom is 0.208 e. The summed E-state index contributed by atoms with van der Waals surface area (Å²) in [6.45, 7) is 8.67. The first-order valence-corrected chi connectivity index (χ1v) is 7.00. The average molecular weight is 240 g/mol. The second-order valence-corrected chi connectivity index (χ2v) is 5.06. The Morgan fingerprint density at radius 3 is 2.76 bits per heavy atom. The summed E-state index contributed by atoms with van der Waals surface area (Å²) in [6, 6.07) is 0.550. The van der Waals surface area contributed by atoms with Gasteiger partial charge in [0.25, 0.3) is 0 Å². The van der Waals surface area contributed by atoms with Crippen molar-refractivity contribution in [3.8, 4) is 0 Å². The summed E-state index contributed by atoms with van der Waals surface area (Å²) in [4.78, 5) is 6.92. The molecule has 1 heterocycles. The van der Waals surface area contributed by atoms with E-state index >= 15 is 0 Å². The Morgan fingerprint density at radius 1 is 1.41 bits per heavy atom. The van der Waals surface area contributed by atoms with Crippen LogP contribution in [0.5, 0.6) is 0 Å². The molecule has 1 aliphatic heterocycles. The van der Waals surface area contributed by atoms with Gasteiger partial charge >= 0.3 is 0 Å². The van der Waals surface area contributed by atoms with E-state index in [2.05, 4.69) is 36.1 Å². The third-order valence-electron chi connectivity index (χ3n) is 3.73. The van der Waals surface area contributed by atoms with Gasteiger partial charge in [0.1, 0.15) is 0 Å². The molecular formula is C13H28N4. The lowest BCUT2D eigenvalue weighted by Gasteiger charge is -2.39. The maximum atomic E-state index is 5.61. The molecular weight excluding hydrogens is 212 g/mol. The highest BCUT2D eigenvalue weighted by Crippen LogP contribution is 2.23. The smallest absolute Gasteiger partial charge is 0.208 e. The molecule has 0 spiro atoms. The van der Waals surface area contributed by atoms with Gasteiger partial charge in [-0.2, -0.15) is 0 Å². The number of hydrogen-bond donors (Lipinski definition) is 2. The van der Waals surface area contributed by atoms with Gasteiger partial charge in [0.2, 0.25) is 5.96 Å². The standard InChI is InChI=1S/C13H28N4/c1-4-6-9-15-13(16-14)17-10-12(5-2)8-7-11(17)3/h11-12H,4-10,14H2,1-3H3,(H,15,16). The summed E-state index contributed by atoms with van der Waals surface area (Å²) in [5.41, 5.74) is 2.78. The lowest BCUT2D eigenvalue weighted by Crippen LogP contribution is -2.52. The molecule has 0 amide bonds. The Labute approximate surface area is 106 Å². The summed E-state index contributed by atoms with van der Waals surface area (Å²) in [5, 5.41) is 0. The number of rotatable bonds is 4. The molecule has 1 saturated heterocycles. The highest BCUT2D eigenvalue weighted by molar-refractivity contribution is 5.79. The third-order valence-corrected chi connectivity index (χ3v) is 3.73. The molecule has 0 saturated carbocycles. The normalized spacial score (nSPS) is 26.1. The third kappa shape index (κ3) is 4.19. The van der Waals surface area contributed by atoms with Crippen LogP contribution in [0.3, 0.4) is 0 Å². The maximum absolute atomic E-state index is 5.61. The molecule has 2 unspecified atom stereocenters. The Balaban J connectivity index is 2.61. The minimum atomic E-state index is 0.550. The van der Waals surface area contributed by atoms with E-state index in [1.54, 1.807) is 0 Å². The molecule has 2 atom stereocenters. The molecule has 0 radical (unpaired) electrons. The molecule has 0 bridgehead atoms. The van der Waals surface area contributed by atoms with E-state index in [0.29, 0.717) is 6.04 Å². The largest absolute Gasteiger partial charge is 0.339 e. The molecule has 0 aromatic rings. The van der Waals surface area contributed by atoms with E-state index in [1.165, 1.54) is 25.7 Å². The lowest BCUT2D eigenvalue weighted by atomic mass is 9.92. The van der Waals surface area contributed by atoms with Crippen molar-refractivity contribution in [1.29, 1.82) is 0 Å². The predicted molar refractivity (Wildman–Crippen MR) is 73.7 cm³/mol. The van der Waals surface area contributed by atoms with E-state index < -0.39 is 0 Å². The number of unbranched alkanes of at least 4 members (excludes halogenated alkanes) is 1. The first kappa shape index (κ1) is 14.3. The number of likely N-dealkylation sites (tertiary alicyclic amines) is 1. The number of hydrazine groups is 1. The van der Waals surface area contributed by atoms with E-state index in [1.807, 2.05) is 0 Å². The summed E-state index contributed by atoms with van der Waals surface area (Å²) < 4.78 is 0. The fourth-order valence-corrected chi connectivity index (χ4v) is 2.37. The van der Waals surface area contributed by atoms with E-state index in [-0.39, 0.29) is 0 Å². The highest BCUT2D eigenvalue weighted by atomic mass is 15.4. The van der Waals surface area contributed by atoms with Gasteiger partial charge in [-0.15, -0.1) is 0 Å². The molecule has 0 aromatic heterocycles. The number of guanidine groups is 1. The van der Waals surface area contributed by atoms with Crippen LogP contribution in [0.15, 0.2) is 4.99 Å². The number of nitrogens with zero attached hydrogens (tertiary/aromatic N) is 2. The topological polar surface area (TPSA) is 53.6 Å². The van der Waals surface area contributed by atoms with Crippen LogP contribution >= 0.6 is 0 Å². The second kappa shape index (κ2) is 7.54. The van der Waals surface area contributed by atoms with Crippen LogP contribution < -0.4 is 11.3 Å². The molecule has 1 rings (SSSR count). The van der Waals surface area contributed by atoms with E-state index in [9.17, 15) is 0 Å². The summed E-state index contributed by atoms with van der Waals surface area (Å²) in [6.07, 6.45) is 6.13. The van der Waals surface area contributed by atoms with Gasteiger partial charge in [-0.1, -0.05) is 26.7 Å². The molecule has 1 fully saturated rings. The van der Waals surface area contributed by atoms with Crippen molar-refractivity contribution < 1.29 is 0 Å². The number of piperidine rings is 1. The molecule has 0 aliphatic carbocycles. The Bertz CT molecular complexity index is 240. The Hall–Kier alpha value is -0.770. The van der Waals surface area contributed by atoms with Crippen molar-refractivity contribution in [2.75, 3.05) is 13.1 Å². The van der Waals surface area contributed by atoms with Crippen molar-refractivity contribution in [3.63, 3.8) is 0 Å². The van der Waals surface area contributed by atoms with E-state index in [0.717, 1.165) is 31.4 Å². The lowest BCUT2D eigenvalue weighted by molar-refractivity contribution is 0.187. The van der Waals surface area contributed by atoms with Crippen molar-refractivity contribution in [1.82, 2.24) is 10.3 Å². The second-order valence-electron chi connectivity index (χ2n) is 5.06. The first-order chi connectivity index (χ1) is 8.22. The van der Waals surface area contributed by atoms with Crippen molar-refractivity contribution in [3.05, 3.63) is 0 Å². The van der Waals surface area contributed by atoms with Crippen LogP contribution in [0.2, 0.25) is 0 Å². The van der Waals surface area contributed by atoms with Gasteiger partial charge in [-0.25, -0.2) is 5.84 Å². The van der Waals surface area contributed by atoms with Gasteiger partial charge in [-0.05, 0) is 32.1 Å². The number of nitrogens with one attached hydrogen (secondary N) is 1. The Kier molecular flexibility index (Phi) is 6.34. The predicted octanol–water partition coefficient (Wildman–Crippen LogP) is 2.12. The Morgan fingerprint density at radius 2 is 2.18 bits per heavy atom. The van der Waals surface area contributed by atoms with E-state index in [4.69, 9.17) is 5.84 Å². The fourth-order valence-electron chi connectivity index (χ4n) is 2.37. The zero-order valence-electron chi connectivity index (χ0n) is 11.6. The number of aliphatic imine (C=N–C) groups is 1. The molecule has 4 nitrogen and oxygen atoms in total. The van der Waals surface area contributed by atoms with Crippen LogP contribution in [-0.2, 0) is 0 Å². The van der Waals surface area contributed by atoms with Crippen LogP contribution in [-0.4, -0.2) is 30.0 Å². The zero-order valence-corrected chi connectivity index (χ0v) is 11.6. The molecule has 3 N–H and O–H groups in total. The van der Waals surface area contributed by atoms with Crippen molar-refractivity contribution in [2.24, 2.45) is 16.8 Å². The van der Waals surface area contributed by atoms with Gasteiger partial charge in [0.15, 0.2) is 0 Å². The van der Waals surface area contributed by atoms with Crippen LogP contribution in [0, 0.1) is 5.92 Å². The molecule has 100 valence electrons. The minimum Gasteiger partial charge on any atom is -0.339 e. The molecule has 4 heteroatoms. The van der Waals surface area contributed by atoms with Gasteiger partial charge in [0.05, 0.1) is 0 Å². The summed E-state index contributed by atoms with van der Waals surface area (Å²) in [5.74, 6) is 7.28. The van der Waals surface area contributed by atoms with Gasteiger partial charge < -0.3 is 4.90 Å². The summed E-state index contributed by atoms with van der Waals surface area (Å²) in [7, 11) is 0. The van der Waals surface area contributed by atoms with Gasteiger partial charge in [-0.3, -0.25) is 10.4 Å². The molecule has 0 aromatic carbocycles. The summed E-state index contributed by atoms with van der Waals surface area (Å²) >= 11 is 0. The molecule has 17 heavy (non-hydrogen) atoms. The van der Waals surface area contributed by atoms with Crippen LogP contribution in [0.4, 0.5) is 0 Å². The fraction of sp³-hybridized carbons (Fsp3) is 0.923. The first-order valence-electron chi connectivity index (χ1n) is 7.00. The quantitative estimate of drug-likeness (QED) is 0.260. The SMILES string of the molecule is CCCCN=C(NN)N1CC(CC)CCC1C. The average Bonchev–Trinajstić information content (AvgIpc) is 2.36. The highest BCUT2D eigenvalue weighted by Gasteiger charge is 2.26. The van der Waals surface area contributed by atoms with Crippen LogP contribution in [0.1, 0.15) is 52.9 Å². The zero-order chi connectivity index (χ0) is 12.7. The minimum absolute atomic E-state index is 0.550.